The zero-order valence-electron chi connectivity index (χ0n) is 10.2. The van der Waals surface area contributed by atoms with Crippen molar-refractivity contribution >= 4 is 21.8 Å². The third-order valence-electron chi connectivity index (χ3n) is 3.13. The molecule has 0 aromatic heterocycles. The summed E-state index contributed by atoms with van der Waals surface area (Å²) in [7, 11) is 0. The number of alkyl halides is 1. The quantitative estimate of drug-likeness (QED) is 0.847. The van der Waals surface area contributed by atoms with Gasteiger partial charge in [-0.1, -0.05) is 28.1 Å². The molecule has 3 nitrogen and oxygen atoms in total. The van der Waals surface area contributed by atoms with Crippen molar-refractivity contribution in [1.82, 2.24) is 10.2 Å². The standard InChI is InChI=1S/C13H16BrFN2O/c1-9-2-3-10(8-11(9)15)12(14)13(18)17-6-4-16-5-7-17/h2-3,8,12,16H,4-7H2,1H3. The minimum absolute atomic E-state index is 0.000229. The number of hydrogen-bond acceptors (Lipinski definition) is 2. The number of rotatable bonds is 2. The van der Waals surface area contributed by atoms with Crippen LogP contribution in [0.1, 0.15) is 16.0 Å². The first-order valence-corrected chi connectivity index (χ1v) is 6.91. The van der Waals surface area contributed by atoms with Crippen molar-refractivity contribution in [3.05, 3.63) is 35.1 Å². The van der Waals surface area contributed by atoms with E-state index in [0.29, 0.717) is 24.2 Å². The number of halogens is 2. The molecule has 1 aromatic rings. The molecule has 0 bridgehead atoms. The molecule has 0 spiro atoms. The summed E-state index contributed by atoms with van der Waals surface area (Å²) in [5.41, 5.74) is 1.26. The van der Waals surface area contributed by atoms with Crippen molar-refractivity contribution in [2.45, 2.75) is 11.8 Å². The van der Waals surface area contributed by atoms with Crippen molar-refractivity contribution < 1.29 is 9.18 Å². The van der Waals surface area contributed by atoms with E-state index < -0.39 is 4.83 Å². The van der Waals surface area contributed by atoms with Crippen LogP contribution in [0.15, 0.2) is 18.2 Å². The molecule has 1 aliphatic rings. The van der Waals surface area contributed by atoms with Crippen LogP contribution in [-0.4, -0.2) is 37.0 Å². The molecule has 1 saturated heterocycles. The van der Waals surface area contributed by atoms with E-state index in [1.807, 2.05) is 0 Å². The molecular weight excluding hydrogens is 299 g/mol. The molecule has 1 aromatic carbocycles. The summed E-state index contributed by atoms with van der Waals surface area (Å²) < 4.78 is 13.5. The lowest BCUT2D eigenvalue weighted by atomic mass is 10.1. The number of nitrogens with zero attached hydrogens (tertiary/aromatic N) is 1. The minimum Gasteiger partial charge on any atom is -0.339 e. The molecule has 1 heterocycles. The molecule has 5 heteroatoms. The average molecular weight is 315 g/mol. The smallest absolute Gasteiger partial charge is 0.240 e. The van der Waals surface area contributed by atoms with E-state index in [1.165, 1.54) is 6.07 Å². The van der Waals surface area contributed by atoms with Crippen LogP contribution in [0.3, 0.4) is 0 Å². The molecule has 1 unspecified atom stereocenters. The van der Waals surface area contributed by atoms with Gasteiger partial charge in [0.25, 0.3) is 0 Å². The van der Waals surface area contributed by atoms with Gasteiger partial charge in [0.15, 0.2) is 0 Å². The maximum atomic E-state index is 13.5. The van der Waals surface area contributed by atoms with Crippen LogP contribution in [0, 0.1) is 12.7 Å². The number of benzene rings is 1. The van der Waals surface area contributed by atoms with Crippen LogP contribution in [-0.2, 0) is 4.79 Å². The van der Waals surface area contributed by atoms with E-state index in [2.05, 4.69) is 21.2 Å². The van der Waals surface area contributed by atoms with Gasteiger partial charge in [-0.05, 0) is 24.1 Å². The van der Waals surface area contributed by atoms with Crippen LogP contribution in [0.25, 0.3) is 0 Å². The predicted molar refractivity (Wildman–Crippen MR) is 72.3 cm³/mol. The van der Waals surface area contributed by atoms with Crippen LogP contribution >= 0.6 is 15.9 Å². The first-order chi connectivity index (χ1) is 8.59. The molecular formula is C13H16BrFN2O. The van der Waals surface area contributed by atoms with Crippen molar-refractivity contribution in [3.63, 3.8) is 0 Å². The second-order valence-electron chi connectivity index (χ2n) is 4.45. The molecule has 98 valence electrons. The predicted octanol–water partition coefficient (Wildman–Crippen LogP) is 2.00. The van der Waals surface area contributed by atoms with E-state index >= 15 is 0 Å². The van der Waals surface area contributed by atoms with Crippen LogP contribution in [0.5, 0.6) is 0 Å². The molecule has 2 rings (SSSR count). The Balaban J connectivity index is 2.11. The number of hydrogen-bond donors (Lipinski definition) is 1. The number of nitrogens with one attached hydrogen (secondary N) is 1. The molecule has 1 N–H and O–H groups in total. The lowest BCUT2D eigenvalue weighted by Gasteiger charge is -2.29. The fourth-order valence-electron chi connectivity index (χ4n) is 1.95. The monoisotopic (exact) mass is 314 g/mol. The zero-order valence-corrected chi connectivity index (χ0v) is 11.8. The second-order valence-corrected chi connectivity index (χ2v) is 5.36. The van der Waals surface area contributed by atoms with Crippen molar-refractivity contribution in [1.29, 1.82) is 0 Å². The summed E-state index contributed by atoms with van der Waals surface area (Å²) in [6.07, 6.45) is 0. The van der Waals surface area contributed by atoms with E-state index in [-0.39, 0.29) is 11.7 Å². The highest BCUT2D eigenvalue weighted by Gasteiger charge is 2.24. The molecule has 1 amide bonds. The van der Waals surface area contributed by atoms with Crippen molar-refractivity contribution in [3.8, 4) is 0 Å². The van der Waals surface area contributed by atoms with Gasteiger partial charge in [0.2, 0.25) is 5.91 Å². The highest BCUT2D eigenvalue weighted by atomic mass is 79.9. The lowest BCUT2D eigenvalue weighted by molar-refractivity contribution is -0.131. The Labute approximate surface area is 114 Å². The summed E-state index contributed by atoms with van der Waals surface area (Å²) in [6.45, 7) is 4.74. The maximum Gasteiger partial charge on any atom is 0.240 e. The highest BCUT2D eigenvalue weighted by Crippen LogP contribution is 2.26. The summed E-state index contributed by atoms with van der Waals surface area (Å²) in [4.78, 5) is 13.6. The summed E-state index contributed by atoms with van der Waals surface area (Å²) in [6, 6.07) is 4.91. The Morgan fingerprint density at radius 2 is 2.11 bits per heavy atom. The van der Waals surface area contributed by atoms with Gasteiger partial charge in [0, 0.05) is 26.2 Å². The molecule has 0 radical (unpaired) electrons. The second kappa shape index (κ2) is 5.80. The van der Waals surface area contributed by atoms with Crippen LogP contribution in [0.2, 0.25) is 0 Å². The first-order valence-electron chi connectivity index (χ1n) is 5.99. The number of aryl methyl sites for hydroxylation is 1. The Kier molecular flexibility index (Phi) is 4.35. The molecule has 18 heavy (non-hydrogen) atoms. The van der Waals surface area contributed by atoms with Gasteiger partial charge in [-0.25, -0.2) is 4.39 Å². The molecule has 0 saturated carbocycles. The zero-order chi connectivity index (χ0) is 13.1. The van der Waals surface area contributed by atoms with Crippen molar-refractivity contribution in [2.24, 2.45) is 0 Å². The fraction of sp³-hybridized carbons (Fsp3) is 0.462. The van der Waals surface area contributed by atoms with Gasteiger partial charge in [-0.3, -0.25) is 4.79 Å². The Morgan fingerprint density at radius 1 is 1.44 bits per heavy atom. The number of piperazine rings is 1. The summed E-state index contributed by atoms with van der Waals surface area (Å²) >= 11 is 3.37. The van der Waals surface area contributed by atoms with E-state index in [4.69, 9.17) is 0 Å². The number of carbonyl (C=O) groups excluding carboxylic acids is 1. The van der Waals surface area contributed by atoms with E-state index in [9.17, 15) is 9.18 Å². The average Bonchev–Trinajstić information content (AvgIpc) is 2.41. The van der Waals surface area contributed by atoms with E-state index in [1.54, 1.807) is 24.0 Å². The Morgan fingerprint density at radius 3 is 2.72 bits per heavy atom. The van der Waals surface area contributed by atoms with Gasteiger partial charge in [0.05, 0.1) is 0 Å². The van der Waals surface area contributed by atoms with Crippen LogP contribution < -0.4 is 5.32 Å². The molecule has 1 fully saturated rings. The molecule has 1 aliphatic heterocycles. The van der Waals surface area contributed by atoms with Gasteiger partial charge in [-0.15, -0.1) is 0 Å². The Bertz CT molecular complexity index is 447. The third-order valence-corrected chi connectivity index (χ3v) is 4.05. The van der Waals surface area contributed by atoms with Gasteiger partial charge in [-0.2, -0.15) is 0 Å². The maximum absolute atomic E-state index is 13.5. The molecule has 0 aliphatic carbocycles. The fourth-order valence-corrected chi connectivity index (χ4v) is 2.53. The summed E-state index contributed by atoms with van der Waals surface area (Å²) in [5.74, 6) is -0.273. The first kappa shape index (κ1) is 13.5. The minimum atomic E-state index is -0.467. The SMILES string of the molecule is Cc1ccc(C(Br)C(=O)N2CCNCC2)cc1F. The number of amides is 1. The van der Waals surface area contributed by atoms with Gasteiger partial charge < -0.3 is 10.2 Å². The van der Waals surface area contributed by atoms with E-state index in [0.717, 1.165) is 13.1 Å². The largest absolute Gasteiger partial charge is 0.339 e. The number of carbonyl (C=O) groups is 1. The molecule has 1 atom stereocenters. The Hall–Kier alpha value is -0.940. The van der Waals surface area contributed by atoms with Crippen molar-refractivity contribution in [2.75, 3.05) is 26.2 Å². The van der Waals surface area contributed by atoms with Crippen LogP contribution in [0.4, 0.5) is 4.39 Å². The van der Waals surface area contributed by atoms with Gasteiger partial charge >= 0.3 is 0 Å². The lowest BCUT2D eigenvalue weighted by Crippen LogP contribution is -2.47. The summed E-state index contributed by atoms with van der Waals surface area (Å²) in [5, 5.41) is 3.20. The third kappa shape index (κ3) is 2.90. The highest BCUT2D eigenvalue weighted by molar-refractivity contribution is 9.09. The van der Waals surface area contributed by atoms with Gasteiger partial charge in [0.1, 0.15) is 10.6 Å². The normalized spacial score (nSPS) is 17.6. The topological polar surface area (TPSA) is 32.3 Å².